The van der Waals surface area contributed by atoms with Gasteiger partial charge in [0.05, 0.1) is 22.8 Å². The van der Waals surface area contributed by atoms with Crippen LogP contribution in [0, 0.1) is 5.82 Å². The molecule has 0 bridgehead atoms. The predicted molar refractivity (Wildman–Crippen MR) is 126 cm³/mol. The molecule has 0 radical (unpaired) electrons. The maximum Gasteiger partial charge on any atom is 0.262 e. The molecule has 0 aliphatic heterocycles. The zero-order valence-corrected chi connectivity index (χ0v) is 19.5. The smallest absolute Gasteiger partial charge is 0.262 e. The molecule has 32 heavy (non-hydrogen) atoms. The minimum atomic E-state index is -0.369. The number of amides is 1. The molecule has 0 aliphatic rings. The number of aromatic nitrogens is 2. The van der Waals surface area contributed by atoms with Crippen LogP contribution in [0.25, 0.3) is 10.9 Å². The summed E-state index contributed by atoms with van der Waals surface area (Å²) in [5, 5.41) is 4.07. The molecule has 3 rings (SSSR count). The van der Waals surface area contributed by atoms with Gasteiger partial charge in [0.25, 0.3) is 5.56 Å². The lowest BCUT2D eigenvalue weighted by atomic mass is 10.2. The highest BCUT2D eigenvalue weighted by Gasteiger charge is 2.14. The third-order valence-corrected chi connectivity index (χ3v) is 5.84. The van der Waals surface area contributed by atoms with Crippen LogP contribution < -0.4 is 10.9 Å². The molecule has 0 saturated carbocycles. The zero-order chi connectivity index (χ0) is 23.1. The van der Waals surface area contributed by atoms with E-state index in [2.05, 4.69) is 10.3 Å². The van der Waals surface area contributed by atoms with Crippen molar-refractivity contribution < 1.29 is 13.9 Å². The molecule has 0 aliphatic carbocycles. The summed E-state index contributed by atoms with van der Waals surface area (Å²) in [7, 11) is 0. The predicted octanol–water partition coefficient (Wildman–Crippen LogP) is 4.41. The van der Waals surface area contributed by atoms with E-state index in [1.807, 2.05) is 13.8 Å². The molecule has 1 aromatic heterocycles. The fraction of sp³-hybridized carbons (Fsp3) is 0.348. The number of hydrogen-bond donors (Lipinski definition) is 1. The van der Waals surface area contributed by atoms with Gasteiger partial charge in [-0.3, -0.25) is 14.2 Å². The van der Waals surface area contributed by atoms with E-state index in [4.69, 9.17) is 16.3 Å². The van der Waals surface area contributed by atoms with Crippen molar-refractivity contribution in [3.8, 4) is 0 Å². The van der Waals surface area contributed by atoms with E-state index < -0.39 is 0 Å². The number of fused-ring (bicyclic) bond motifs is 1. The molecular weight excluding hydrogens is 453 g/mol. The highest BCUT2D eigenvalue weighted by molar-refractivity contribution is 7.99. The quantitative estimate of drug-likeness (QED) is 0.266. The van der Waals surface area contributed by atoms with Crippen molar-refractivity contribution >= 4 is 40.2 Å². The van der Waals surface area contributed by atoms with Gasteiger partial charge in [0.2, 0.25) is 5.91 Å². The van der Waals surface area contributed by atoms with Gasteiger partial charge in [-0.25, -0.2) is 9.37 Å². The number of halogens is 2. The van der Waals surface area contributed by atoms with Crippen LogP contribution in [-0.2, 0) is 22.6 Å². The van der Waals surface area contributed by atoms with E-state index in [9.17, 15) is 14.0 Å². The van der Waals surface area contributed by atoms with Crippen molar-refractivity contribution in [2.45, 2.75) is 44.6 Å². The number of thioether (sulfide) groups is 1. The Morgan fingerprint density at radius 1 is 1.28 bits per heavy atom. The van der Waals surface area contributed by atoms with E-state index >= 15 is 0 Å². The number of benzene rings is 2. The molecular formula is C23H25ClFN3O3S. The Balaban J connectivity index is 1.74. The molecule has 3 aromatic rings. The molecule has 0 saturated heterocycles. The van der Waals surface area contributed by atoms with Gasteiger partial charge >= 0.3 is 0 Å². The van der Waals surface area contributed by atoms with Gasteiger partial charge in [0, 0.05) is 30.3 Å². The van der Waals surface area contributed by atoms with Crippen LogP contribution in [0.15, 0.2) is 52.4 Å². The molecule has 2 aromatic carbocycles. The molecule has 1 N–H and O–H groups in total. The first-order valence-corrected chi connectivity index (χ1v) is 11.7. The number of nitrogens with one attached hydrogen (secondary N) is 1. The average Bonchev–Trinajstić information content (AvgIpc) is 2.75. The molecule has 170 valence electrons. The summed E-state index contributed by atoms with van der Waals surface area (Å²) in [6, 6.07) is 11.2. The van der Waals surface area contributed by atoms with Crippen molar-refractivity contribution in [3.05, 3.63) is 69.2 Å². The van der Waals surface area contributed by atoms with Crippen molar-refractivity contribution in [2.75, 3.05) is 12.4 Å². The summed E-state index contributed by atoms with van der Waals surface area (Å²) < 4.78 is 20.9. The Morgan fingerprint density at radius 2 is 2.06 bits per heavy atom. The standard InChI is InChI=1S/C23H25ClFN3O3S/c1-15(2)31-11-5-10-28-22(30)18-9-8-17(24)12-20(18)27-23(28)32-14-21(29)26-13-16-6-3-4-7-19(16)25/h3-4,6-9,12,15H,5,10-11,13-14H2,1-2H3,(H,26,29). The molecule has 1 amide bonds. The first kappa shape index (κ1) is 24.2. The van der Waals surface area contributed by atoms with Gasteiger partial charge in [-0.15, -0.1) is 0 Å². The Labute approximate surface area is 195 Å². The van der Waals surface area contributed by atoms with Crippen molar-refractivity contribution in [1.82, 2.24) is 14.9 Å². The number of hydrogen-bond acceptors (Lipinski definition) is 5. The average molecular weight is 478 g/mol. The first-order valence-electron chi connectivity index (χ1n) is 10.3. The molecule has 0 fully saturated rings. The minimum Gasteiger partial charge on any atom is -0.379 e. The van der Waals surface area contributed by atoms with Crippen LogP contribution in [0.4, 0.5) is 4.39 Å². The molecule has 6 nitrogen and oxygen atoms in total. The molecule has 0 unspecified atom stereocenters. The second kappa shape index (κ2) is 11.4. The Morgan fingerprint density at radius 3 is 2.81 bits per heavy atom. The molecule has 9 heteroatoms. The normalized spacial score (nSPS) is 11.3. The van der Waals surface area contributed by atoms with Gasteiger partial charge in [-0.2, -0.15) is 0 Å². The number of carbonyl (C=O) groups excluding carboxylic acids is 1. The summed E-state index contributed by atoms with van der Waals surface area (Å²) in [4.78, 5) is 30.0. The number of rotatable bonds is 10. The second-order valence-electron chi connectivity index (χ2n) is 7.44. The lowest BCUT2D eigenvalue weighted by Gasteiger charge is -2.14. The highest BCUT2D eigenvalue weighted by atomic mass is 35.5. The van der Waals surface area contributed by atoms with Crippen LogP contribution in [0.2, 0.25) is 5.02 Å². The third kappa shape index (κ3) is 6.54. The Kier molecular flexibility index (Phi) is 8.67. The maximum absolute atomic E-state index is 13.7. The molecule has 1 heterocycles. The fourth-order valence-corrected chi connectivity index (χ4v) is 4.06. The van der Waals surface area contributed by atoms with Gasteiger partial charge in [-0.05, 0) is 44.5 Å². The number of ether oxygens (including phenoxy) is 1. The van der Waals surface area contributed by atoms with Crippen molar-refractivity contribution in [2.24, 2.45) is 0 Å². The van der Waals surface area contributed by atoms with Crippen LogP contribution in [0.1, 0.15) is 25.8 Å². The SMILES string of the molecule is CC(C)OCCCn1c(SCC(=O)NCc2ccccc2F)nc2cc(Cl)ccc2c1=O. The summed E-state index contributed by atoms with van der Waals surface area (Å²) in [5.74, 6) is -0.616. The van der Waals surface area contributed by atoms with E-state index in [-0.39, 0.29) is 35.7 Å². The van der Waals surface area contributed by atoms with E-state index in [1.165, 1.54) is 6.07 Å². The zero-order valence-electron chi connectivity index (χ0n) is 17.9. The number of carbonyl (C=O) groups is 1. The summed E-state index contributed by atoms with van der Waals surface area (Å²) in [6.45, 7) is 4.92. The Hall–Kier alpha value is -2.42. The van der Waals surface area contributed by atoms with Gasteiger partial charge < -0.3 is 10.1 Å². The van der Waals surface area contributed by atoms with E-state index in [1.54, 1.807) is 41.0 Å². The van der Waals surface area contributed by atoms with Crippen molar-refractivity contribution in [1.29, 1.82) is 0 Å². The van der Waals surface area contributed by atoms with Crippen LogP contribution in [0.3, 0.4) is 0 Å². The summed E-state index contributed by atoms with van der Waals surface area (Å²) >= 11 is 7.22. The van der Waals surface area contributed by atoms with E-state index in [0.29, 0.717) is 46.2 Å². The largest absolute Gasteiger partial charge is 0.379 e. The summed E-state index contributed by atoms with van der Waals surface area (Å²) in [5.41, 5.74) is 0.698. The maximum atomic E-state index is 13.7. The van der Waals surface area contributed by atoms with Crippen molar-refractivity contribution in [3.63, 3.8) is 0 Å². The molecule has 0 spiro atoms. The first-order chi connectivity index (χ1) is 15.3. The molecule has 0 atom stereocenters. The highest BCUT2D eigenvalue weighted by Crippen LogP contribution is 2.21. The van der Waals surface area contributed by atoms with E-state index in [0.717, 1.165) is 11.8 Å². The fourth-order valence-electron chi connectivity index (χ4n) is 3.04. The second-order valence-corrected chi connectivity index (χ2v) is 8.82. The van der Waals surface area contributed by atoms with Crippen LogP contribution in [0.5, 0.6) is 0 Å². The van der Waals surface area contributed by atoms with Gasteiger partial charge in [0.1, 0.15) is 5.82 Å². The van der Waals surface area contributed by atoms with Crippen LogP contribution >= 0.6 is 23.4 Å². The topological polar surface area (TPSA) is 73.2 Å². The van der Waals surface area contributed by atoms with Crippen LogP contribution in [-0.4, -0.2) is 33.9 Å². The number of nitrogens with zero attached hydrogens (tertiary/aromatic N) is 2. The lowest BCUT2D eigenvalue weighted by Crippen LogP contribution is -2.27. The summed E-state index contributed by atoms with van der Waals surface area (Å²) in [6.07, 6.45) is 0.738. The minimum absolute atomic E-state index is 0.0372. The monoisotopic (exact) mass is 477 g/mol. The third-order valence-electron chi connectivity index (χ3n) is 4.63. The van der Waals surface area contributed by atoms with Gasteiger partial charge in [0.15, 0.2) is 5.16 Å². The van der Waals surface area contributed by atoms with Gasteiger partial charge in [-0.1, -0.05) is 41.6 Å². The Bertz CT molecular complexity index is 1150. The lowest BCUT2D eigenvalue weighted by molar-refractivity contribution is -0.118.